The van der Waals surface area contributed by atoms with Gasteiger partial charge in [-0.3, -0.25) is 19.1 Å². The van der Waals surface area contributed by atoms with Crippen LogP contribution in [0.1, 0.15) is 49.1 Å². The van der Waals surface area contributed by atoms with E-state index in [1.165, 1.54) is 4.68 Å². The van der Waals surface area contributed by atoms with E-state index < -0.39 is 5.41 Å². The molecule has 0 unspecified atom stereocenters. The molecule has 2 heterocycles. The van der Waals surface area contributed by atoms with Crippen LogP contribution >= 0.6 is 11.6 Å². The third-order valence-electron chi connectivity index (χ3n) is 6.24. The van der Waals surface area contributed by atoms with Crippen LogP contribution in [0.5, 0.6) is 0 Å². The Morgan fingerprint density at radius 1 is 1.16 bits per heavy atom. The van der Waals surface area contributed by atoms with Gasteiger partial charge in [-0.25, -0.2) is 9.67 Å². The molecule has 0 saturated carbocycles. The van der Waals surface area contributed by atoms with Gasteiger partial charge in [0, 0.05) is 37.5 Å². The number of amides is 2. The van der Waals surface area contributed by atoms with E-state index >= 15 is 0 Å². The summed E-state index contributed by atoms with van der Waals surface area (Å²) in [5, 5.41) is 6.03. The fraction of sp³-hybridized carbons (Fsp3) is 0.333. The van der Waals surface area contributed by atoms with E-state index in [0.29, 0.717) is 45.4 Å². The third-order valence-corrected chi connectivity index (χ3v) is 6.45. The number of oxazole rings is 1. The number of carbonyl (C=O) groups excluding carboxylic acids is 2. The Morgan fingerprint density at radius 2 is 1.86 bits per heavy atom. The Hall–Kier alpha value is -3.85. The molecule has 4 aromatic rings. The molecule has 37 heavy (non-hydrogen) atoms. The highest BCUT2D eigenvalue weighted by Crippen LogP contribution is 2.26. The number of nitrogens with one attached hydrogen (secondary N) is 2. The van der Waals surface area contributed by atoms with Crippen LogP contribution in [0.15, 0.2) is 51.7 Å². The van der Waals surface area contributed by atoms with Crippen molar-refractivity contribution in [3.8, 4) is 5.69 Å². The minimum atomic E-state index is -0.600. The van der Waals surface area contributed by atoms with E-state index in [1.54, 1.807) is 30.8 Å². The summed E-state index contributed by atoms with van der Waals surface area (Å²) in [6.45, 7) is 7.64. The molecule has 0 atom stereocenters. The van der Waals surface area contributed by atoms with E-state index in [1.807, 2.05) is 51.1 Å². The highest BCUT2D eigenvalue weighted by molar-refractivity contribution is 6.32. The number of hydrogen-bond donors (Lipinski definition) is 2. The molecule has 0 radical (unpaired) electrons. The van der Waals surface area contributed by atoms with Crippen LogP contribution in [0.2, 0.25) is 5.02 Å². The third kappa shape index (κ3) is 5.46. The lowest BCUT2D eigenvalue weighted by molar-refractivity contribution is -0.118. The zero-order valence-electron chi connectivity index (χ0n) is 21.5. The molecule has 0 aliphatic heterocycles. The predicted octanol–water partition coefficient (Wildman–Crippen LogP) is 4.63. The van der Waals surface area contributed by atoms with Gasteiger partial charge in [-0.2, -0.15) is 0 Å². The molecule has 0 aliphatic rings. The standard InChI is InChI=1S/C27H30ClN5O4/c1-6-22-31-24-19(12-17(28)13-20(24)37-22)25(35)29-15-27(3,4)14-21(34)30-23-16(2)32(5)33(26(23)36)18-10-8-7-9-11-18/h7-13H,6,14-15H2,1-5H3,(H,29,35)(H,30,34). The average molecular weight is 524 g/mol. The summed E-state index contributed by atoms with van der Waals surface area (Å²) in [7, 11) is 1.77. The van der Waals surface area contributed by atoms with Gasteiger partial charge < -0.3 is 15.1 Å². The molecule has 0 spiro atoms. The van der Waals surface area contributed by atoms with E-state index in [-0.39, 0.29) is 36.0 Å². The van der Waals surface area contributed by atoms with Crippen molar-refractivity contribution in [3.63, 3.8) is 0 Å². The van der Waals surface area contributed by atoms with Crippen LogP contribution in [0, 0.1) is 12.3 Å². The van der Waals surface area contributed by atoms with Gasteiger partial charge in [0.25, 0.3) is 11.5 Å². The second-order valence-electron chi connectivity index (χ2n) is 9.77. The molecule has 0 fully saturated rings. The van der Waals surface area contributed by atoms with E-state index in [4.69, 9.17) is 16.0 Å². The van der Waals surface area contributed by atoms with Crippen molar-refractivity contribution in [1.82, 2.24) is 19.7 Å². The number of nitrogens with zero attached hydrogens (tertiary/aromatic N) is 3. The highest BCUT2D eigenvalue weighted by Gasteiger charge is 2.26. The molecule has 2 aromatic heterocycles. The molecule has 2 aromatic carbocycles. The van der Waals surface area contributed by atoms with E-state index in [9.17, 15) is 14.4 Å². The zero-order chi connectivity index (χ0) is 26.9. The van der Waals surface area contributed by atoms with Crippen LogP contribution in [0.3, 0.4) is 0 Å². The first-order chi connectivity index (χ1) is 17.5. The van der Waals surface area contributed by atoms with Crippen molar-refractivity contribution in [2.24, 2.45) is 12.5 Å². The molecule has 194 valence electrons. The Kier molecular flexibility index (Phi) is 7.27. The molecule has 2 N–H and O–H groups in total. The molecule has 2 amide bonds. The molecule has 0 saturated heterocycles. The van der Waals surface area contributed by atoms with Crippen LogP contribution in [0.4, 0.5) is 5.69 Å². The molecule has 4 rings (SSSR count). The normalized spacial score (nSPS) is 11.6. The van der Waals surface area contributed by atoms with Crippen molar-refractivity contribution in [3.05, 3.63) is 75.0 Å². The largest absolute Gasteiger partial charge is 0.441 e. The number of benzene rings is 2. The van der Waals surface area contributed by atoms with E-state index in [2.05, 4.69) is 15.6 Å². The molecule has 9 nitrogen and oxygen atoms in total. The minimum absolute atomic E-state index is 0.0846. The van der Waals surface area contributed by atoms with Gasteiger partial charge in [0.15, 0.2) is 11.5 Å². The summed E-state index contributed by atoms with van der Waals surface area (Å²) in [5.41, 5.74) is 1.87. The summed E-state index contributed by atoms with van der Waals surface area (Å²) in [5.74, 6) is -0.160. The number of carbonyl (C=O) groups is 2. The molecule has 0 bridgehead atoms. The lowest BCUT2D eigenvalue weighted by atomic mass is 9.88. The molecule has 10 heteroatoms. The first kappa shape index (κ1) is 26.2. The second-order valence-corrected chi connectivity index (χ2v) is 10.2. The van der Waals surface area contributed by atoms with Crippen LogP contribution in [-0.2, 0) is 18.3 Å². The number of hydrogen-bond acceptors (Lipinski definition) is 5. The molecular formula is C27H30ClN5O4. The number of para-hydroxylation sites is 1. The number of halogens is 1. The van der Waals surface area contributed by atoms with Crippen LogP contribution < -0.4 is 16.2 Å². The van der Waals surface area contributed by atoms with Gasteiger partial charge in [-0.05, 0) is 30.5 Å². The minimum Gasteiger partial charge on any atom is -0.441 e. The SMILES string of the molecule is CCc1nc2c(C(=O)NCC(C)(C)CC(=O)Nc3c(C)n(C)n(-c4ccccc4)c3=O)cc(Cl)cc2o1. The maximum atomic E-state index is 13.1. The number of aryl methyl sites for hydroxylation is 1. The second kappa shape index (κ2) is 10.3. The molecular weight excluding hydrogens is 494 g/mol. The van der Waals surface area contributed by atoms with E-state index in [0.717, 1.165) is 0 Å². The van der Waals surface area contributed by atoms with Crippen molar-refractivity contribution in [2.45, 2.75) is 40.5 Å². The number of rotatable bonds is 8. The van der Waals surface area contributed by atoms with Crippen LogP contribution in [0.25, 0.3) is 16.8 Å². The first-order valence-corrected chi connectivity index (χ1v) is 12.4. The summed E-state index contributed by atoms with van der Waals surface area (Å²) in [6.07, 6.45) is 0.675. The smallest absolute Gasteiger partial charge is 0.295 e. The number of anilines is 1. The predicted molar refractivity (Wildman–Crippen MR) is 144 cm³/mol. The van der Waals surface area contributed by atoms with Gasteiger partial charge in [0.05, 0.1) is 16.9 Å². The number of fused-ring (bicyclic) bond motifs is 1. The van der Waals surface area contributed by atoms with Crippen molar-refractivity contribution < 1.29 is 14.0 Å². The van der Waals surface area contributed by atoms with Crippen LogP contribution in [-0.4, -0.2) is 32.7 Å². The Morgan fingerprint density at radius 3 is 2.54 bits per heavy atom. The Balaban J connectivity index is 1.45. The first-order valence-electron chi connectivity index (χ1n) is 12.0. The number of aromatic nitrogens is 3. The maximum Gasteiger partial charge on any atom is 0.295 e. The zero-order valence-corrected chi connectivity index (χ0v) is 22.3. The Bertz CT molecular complexity index is 1530. The average Bonchev–Trinajstić information content (AvgIpc) is 3.36. The quantitative estimate of drug-likeness (QED) is 0.350. The van der Waals surface area contributed by atoms with Gasteiger partial charge in [-0.1, -0.05) is 50.6 Å². The van der Waals surface area contributed by atoms with Crippen molar-refractivity contribution in [2.75, 3.05) is 11.9 Å². The monoisotopic (exact) mass is 523 g/mol. The van der Waals surface area contributed by atoms with Gasteiger partial charge in [0.2, 0.25) is 5.91 Å². The summed E-state index contributed by atoms with van der Waals surface area (Å²) < 4.78 is 8.86. The Labute approximate surface area is 219 Å². The highest BCUT2D eigenvalue weighted by atomic mass is 35.5. The summed E-state index contributed by atoms with van der Waals surface area (Å²) in [6, 6.07) is 12.4. The van der Waals surface area contributed by atoms with Gasteiger partial charge in [-0.15, -0.1) is 0 Å². The topological polar surface area (TPSA) is 111 Å². The lowest BCUT2D eigenvalue weighted by Crippen LogP contribution is -2.36. The van der Waals surface area contributed by atoms with Gasteiger partial charge in [0.1, 0.15) is 11.2 Å². The van der Waals surface area contributed by atoms with Gasteiger partial charge >= 0.3 is 0 Å². The fourth-order valence-corrected chi connectivity index (χ4v) is 4.38. The summed E-state index contributed by atoms with van der Waals surface area (Å²) in [4.78, 5) is 43.4. The summed E-state index contributed by atoms with van der Waals surface area (Å²) >= 11 is 6.18. The fourth-order valence-electron chi connectivity index (χ4n) is 4.17. The van der Waals surface area contributed by atoms with Crippen molar-refractivity contribution in [1.29, 1.82) is 0 Å². The lowest BCUT2D eigenvalue weighted by Gasteiger charge is -2.24. The van der Waals surface area contributed by atoms with Crippen molar-refractivity contribution >= 4 is 40.2 Å². The molecule has 0 aliphatic carbocycles. The maximum absolute atomic E-state index is 13.1.